The Balaban J connectivity index is 1.85. The fourth-order valence-electron chi connectivity index (χ4n) is 3.13. The highest BCUT2D eigenvalue weighted by Crippen LogP contribution is 2.22. The first-order valence-corrected chi connectivity index (χ1v) is 7.41. The molecule has 0 fully saturated rings. The lowest BCUT2D eigenvalue weighted by Gasteiger charge is -2.22. The Morgan fingerprint density at radius 3 is 3.05 bits per heavy atom. The van der Waals surface area contributed by atoms with Crippen LogP contribution in [0, 0.1) is 19.8 Å². The van der Waals surface area contributed by atoms with Crippen molar-refractivity contribution in [2.24, 2.45) is 11.7 Å². The van der Waals surface area contributed by atoms with Crippen LogP contribution in [-0.4, -0.2) is 31.8 Å². The van der Waals surface area contributed by atoms with Crippen molar-refractivity contribution in [3.8, 4) is 0 Å². The van der Waals surface area contributed by atoms with Crippen LogP contribution in [0.4, 0.5) is 0 Å². The van der Waals surface area contributed by atoms with Crippen molar-refractivity contribution in [3.05, 3.63) is 35.2 Å². The van der Waals surface area contributed by atoms with E-state index in [9.17, 15) is 4.79 Å². The molecule has 1 aliphatic heterocycles. The van der Waals surface area contributed by atoms with Gasteiger partial charge in [-0.3, -0.25) is 4.79 Å². The summed E-state index contributed by atoms with van der Waals surface area (Å²) in [6.45, 7) is 5.31. The molecule has 1 aliphatic rings. The van der Waals surface area contributed by atoms with Gasteiger partial charge in [0, 0.05) is 37.0 Å². The lowest BCUT2D eigenvalue weighted by atomic mass is 9.97. The minimum atomic E-state index is -0.0383. The van der Waals surface area contributed by atoms with Gasteiger partial charge in [0.05, 0.1) is 5.69 Å². The van der Waals surface area contributed by atoms with Crippen molar-refractivity contribution >= 4 is 5.91 Å². The van der Waals surface area contributed by atoms with Crippen LogP contribution < -0.4 is 5.73 Å². The minimum Gasteiger partial charge on any atom is -0.335 e. The van der Waals surface area contributed by atoms with Crippen LogP contribution >= 0.6 is 0 Å². The van der Waals surface area contributed by atoms with E-state index < -0.39 is 0 Å². The summed E-state index contributed by atoms with van der Waals surface area (Å²) >= 11 is 0. The highest BCUT2D eigenvalue weighted by atomic mass is 16.2. The molecule has 6 nitrogen and oxygen atoms in total. The molecule has 0 saturated heterocycles. The Hall–Kier alpha value is -1.95. The Morgan fingerprint density at radius 1 is 1.48 bits per heavy atom. The van der Waals surface area contributed by atoms with Crippen LogP contribution in [0.3, 0.4) is 0 Å². The van der Waals surface area contributed by atoms with Gasteiger partial charge in [-0.15, -0.1) is 0 Å². The number of nitrogens with two attached hydrogens (primary N) is 1. The summed E-state index contributed by atoms with van der Waals surface area (Å²) in [5, 5.41) is 4.43. The first kappa shape index (κ1) is 14.0. The summed E-state index contributed by atoms with van der Waals surface area (Å²) in [5.41, 5.74) is 8.57. The molecular formula is C15H21N5O. The quantitative estimate of drug-likeness (QED) is 0.917. The van der Waals surface area contributed by atoms with Crippen molar-refractivity contribution < 1.29 is 4.79 Å². The fraction of sp³-hybridized carbons (Fsp3) is 0.533. The molecule has 0 amide bonds. The molecule has 2 aromatic heterocycles. The van der Waals surface area contributed by atoms with Crippen LogP contribution in [0.2, 0.25) is 0 Å². The number of carbonyl (C=O) groups excluding carboxylic acids is 1. The summed E-state index contributed by atoms with van der Waals surface area (Å²) in [6, 6.07) is 0. The molecule has 1 unspecified atom stereocenters. The standard InChI is InChI=1S/C15H21N5O/c1-10-13(3-5-16)11(2)20(18-10)15(21)12-4-7-19-8-6-17-14(19)9-12/h6,8,12H,3-5,7,9,16H2,1-2H3. The van der Waals surface area contributed by atoms with Crippen molar-refractivity contribution in [3.63, 3.8) is 0 Å². The number of imidazole rings is 1. The highest BCUT2D eigenvalue weighted by Gasteiger charge is 2.28. The van der Waals surface area contributed by atoms with Gasteiger partial charge in [0.25, 0.3) is 5.91 Å². The third kappa shape index (κ3) is 2.40. The maximum Gasteiger partial charge on any atom is 0.250 e. The molecule has 1 atom stereocenters. The molecule has 2 N–H and O–H groups in total. The fourth-order valence-corrected chi connectivity index (χ4v) is 3.13. The van der Waals surface area contributed by atoms with Crippen molar-refractivity contribution in [1.82, 2.24) is 19.3 Å². The molecule has 2 aromatic rings. The van der Waals surface area contributed by atoms with E-state index in [0.717, 1.165) is 42.2 Å². The summed E-state index contributed by atoms with van der Waals surface area (Å²) in [6.07, 6.45) is 6.06. The zero-order valence-corrected chi connectivity index (χ0v) is 12.5. The Kier molecular flexibility index (Phi) is 3.63. The predicted octanol–water partition coefficient (Wildman–Crippen LogP) is 1.10. The van der Waals surface area contributed by atoms with Gasteiger partial charge in [-0.2, -0.15) is 5.10 Å². The number of aryl methyl sites for hydroxylation is 2. The molecule has 0 saturated carbocycles. The lowest BCUT2D eigenvalue weighted by molar-refractivity contribution is 0.0790. The minimum absolute atomic E-state index is 0.0383. The number of rotatable bonds is 3. The second-order valence-corrected chi connectivity index (χ2v) is 5.66. The lowest BCUT2D eigenvalue weighted by Crippen LogP contribution is -2.31. The Bertz CT molecular complexity index is 670. The molecule has 6 heteroatoms. The third-order valence-electron chi connectivity index (χ3n) is 4.34. The number of hydrogen-bond donors (Lipinski definition) is 1. The summed E-state index contributed by atoms with van der Waals surface area (Å²) in [5.74, 6) is 1.03. The van der Waals surface area contributed by atoms with E-state index in [1.54, 1.807) is 10.9 Å². The van der Waals surface area contributed by atoms with Gasteiger partial charge in [0.2, 0.25) is 0 Å². The molecule has 0 aliphatic carbocycles. The van der Waals surface area contributed by atoms with Gasteiger partial charge in [0.1, 0.15) is 5.82 Å². The maximum atomic E-state index is 12.8. The van der Waals surface area contributed by atoms with E-state index in [0.29, 0.717) is 13.0 Å². The van der Waals surface area contributed by atoms with Gasteiger partial charge >= 0.3 is 0 Å². The Labute approximate surface area is 124 Å². The van der Waals surface area contributed by atoms with Gasteiger partial charge in [-0.25, -0.2) is 9.67 Å². The average molecular weight is 287 g/mol. The van der Waals surface area contributed by atoms with Gasteiger partial charge < -0.3 is 10.3 Å². The third-order valence-corrected chi connectivity index (χ3v) is 4.34. The first-order valence-electron chi connectivity index (χ1n) is 7.41. The van der Waals surface area contributed by atoms with Gasteiger partial charge in [0.15, 0.2) is 0 Å². The van der Waals surface area contributed by atoms with Crippen LogP contribution in [0.25, 0.3) is 0 Å². The van der Waals surface area contributed by atoms with E-state index in [1.165, 1.54) is 0 Å². The number of fused-ring (bicyclic) bond motifs is 1. The van der Waals surface area contributed by atoms with Crippen LogP contribution in [0.15, 0.2) is 12.4 Å². The van der Waals surface area contributed by atoms with E-state index >= 15 is 0 Å². The smallest absolute Gasteiger partial charge is 0.250 e. The predicted molar refractivity (Wildman–Crippen MR) is 79.1 cm³/mol. The number of carbonyl (C=O) groups is 1. The van der Waals surface area contributed by atoms with Gasteiger partial charge in [-0.1, -0.05) is 0 Å². The number of hydrogen-bond acceptors (Lipinski definition) is 4. The second kappa shape index (κ2) is 5.44. The van der Waals surface area contributed by atoms with E-state index in [2.05, 4.69) is 14.6 Å². The summed E-state index contributed by atoms with van der Waals surface area (Å²) in [7, 11) is 0. The molecule has 0 radical (unpaired) electrons. The zero-order chi connectivity index (χ0) is 15.0. The molecule has 0 bridgehead atoms. The van der Waals surface area contributed by atoms with Crippen molar-refractivity contribution in [1.29, 1.82) is 0 Å². The molecule has 112 valence electrons. The summed E-state index contributed by atoms with van der Waals surface area (Å²) < 4.78 is 3.69. The van der Waals surface area contributed by atoms with E-state index in [-0.39, 0.29) is 11.8 Å². The maximum absolute atomic E-state index is 12.8. The molecular weight excluding hydrogens is 266 g/mol. The van der Waals surface area contributed by atoms with Crippen molar-refractivity contribution in [2.45, 2.75) is 39.7 Å². The highest BCUT2D eigenvalue weighted by molar-refractivity contribution is 5.81. The van der Waals surface area contributed by atoms with Crippen LogP contribution in [-0.2, 0) is 19.4 Å². The normalized spacial score (nSPS) is 17.8. The Morgan fingerprint density at radius 2 is 2.29 bits per heavy atom. The topological polar surface area (TPSA) is 78.7 Å². The van der Waals surface area contributed by atoms with Crippen molar-refractivity contribution in [2.75, 3.05) is 6.54 Å². The van der Waals surface area contributed by atoms with Crippen LogP contribution in [0.1, 0.15) is 34.0 Å². The van der Waals surface area contributed by atoms with Crippen LogP contribution in [0.5, 0.6) is 0 Å². The second-order valence-electron chi connectivity index (χ2n) is 5.66. The van der Waals surface area contributed by atoms with E-state index in [4.69, 9.17) is 5.73 Å². The average Bonchev–Trinajstić information content (AvgIpc) is 3.05. The molecule has 0 spiro atoms. The number of nitrogens with zero attached hydrogens (tertiary/aromatic N) is 4. The first-order chi connectivity index (χ1) is 10.1. The van der Waals surface area contributed by atoms with Gasteiger partial charge in [-0.05, 0) is 38.8 Å². The number of aromatic nitrogens is 4. The monoisotopic (exact) mass is 287 g/mol. The molecule has 21 heavy (non-hydrogen) atoms. The largest absolute Gasteiger partial charge is 0.335 e. The summed E-state index contributed by atoms with van der Waals surface area (Å²) in [4.78, 5) is 17.1. The molecule has 0 aromatic carbocycles. The molecule has 3 rings (SSSR count). The van der Waals surface area contributed by atoms with E-state index in [1.807, 2.05) is 20.0 Å². The molecule has 3 heterocycles. The zero-order valence-electron chi connectivity index (χ0n) is 12.5. The SMILES string of the molecule is Cc1nn(C(=O)C2CCn3ccnc3C2)c(C)c1CCN.